The van der Waals surface area contributed by atoms with Crippen LogP contribution in [0.3, 0.4) is 0 Å². The Balaban J connectivity index is 2.14. The van der Waals surface area contributed by atoms with E-state index in [1.807, 2.05) is 19.2 Å². The van der Waals surface area contributed by atoms with Crippen molar-refractivity contribution in [1.82, 2.24) is 0 Å². The topological polar surface area (TPSA) is 58.2 Å². The highest BCUT2D eigenvalue weighted by Crippen LogP contribution is 2.24. The Bertz CT molecular complexity index is 791. The molecule has 2 rings (SSSR count). The Morgan fingerprint density at radius 1 is 0.833 bits per heavy atom. The number of halogens is 3. The Hall–Kier alpha value is -2.83. The van der Waals surface area contributed by atoms with Crippen LogP contribution in [0.15, 0.2) is 36.4 Å². The van der Waals surface area contributed by atoms with Gasteiger partial charge in [0, 0.05) is 5.69 Å². The van der Waals surface area contributed by atoms with Crippen molar-refractivity contribution < 1.29 is 22.8 Å². The van der Waals surface area contributed by atoms with E-state index < -0.39 is 35.0 Å². The normalized spacial score (nSPS) is 10.6. The van der Waals surface area contributed by atoms with E-state index in [0.717, 1.165) is 11.6 Å². The van der Waals surface area contributed by atoms with E-state index in [4.69, 9.17) is 0 Å². The van der Waals surface area contributed by atoms with Gasteiger partial charge in [-0.3, -0.25) is 9.59 Å². The highest BCUT2D eigenvalue weighted by Gasteiger charge is 2.20. The van der Waals surface area contributed by atoms with Crippen LogP contribution in [0.1, 0.15) is 25.3 Å². The van der Waals surface area contributed by atoms with Gasteiger partial charge in [-0.1, -0.05) is 32.0 Å². The van der Waals surface area contributed by atoms with Crippen LogP contribution < -0.4 is 10.6 Å². The maximum atomic E-state index is 13.5. The molecular weight excluding hydrogens is 321 g/mol. The molecule has 0 bridgehead atoms. The highest BCUT2D eigenvalue weighted by atomic mass is 19.2. The fraction of sp³-hybridized carbons (Fsp3) is 0.176. The van der Waals surface area contributed by atoms with E-state index in [2.05, 4.69) is 5.32 Å². The van der Waals surface area contributed by atoms with Crippen LogP contribution in [0, 0.1) is 17.5 Å². The molecule has 2 N–H and O–H groups in total. The number of carbonyl (C=O) groups is 2. The molecule has 0 aliphatic rings. The van der Waals surface area contributed by atoms with Gasteiger partial charge in [0.1, 0.15) is 0 Å². The molecule has 2 aromatic carbocycles. The molecule has 2 amide bonds. The van der Waals surface area contributed by atoms with Crippen LogP contribution in [0.4, 0.5) is 24.5 Å². The molecule has 7 heteroatoms. The zero-order valence-corrected chi connectivity index (χ0v) is 13.0. The predicted octanol–water partition coefficient (Wildman–Crippen LogP) is 3.80. The first-order valence-corrected chi connectivity index (χ1v) is 7.16. The van der Waals surface area contributed by atoms with Gasteiger partial charge in [-0.25, -0.2) is 13.2 Å². The first-order chi connectivity index (χ1) is 11.3. The zero-order chi connectivity index (χ0) is 17.9. The van der Waals surface area contributed by atoms with E-state index in [1.165, 1.54) is 0 Å². The summed E-state index contributed by atoms with van der Waals surface area (Å²) >= 11 is 0. The fourth-order valence-corrected chi connectivity index (χ4v) is 2.09. The van der Waals surface area contributed by atoms with Gasteiger partial charge in [0.15, 0.2) is 17.5 Å². The molecular formula is C17H15F3N2O2. The quantitative estimate of drug-likeness (QED) is 0.661. The third kappa shape index (κ3) is 3.73. The Morgan fingerprint density at radius 3 is 2.04 bits per heavy atom. The Labute approximate surface area is 136 Å². The van der Waals surface area contributed by atoms with Crippen LogP contribution in [0.5, 0.6) is 0 Å². The van der Waals surface area contributed by atoms with E-state index in [1.54, 1.807) is 24.3 Å². The first kappa shape index (κ1) is 17.5. The minimum atomic E-state index is -1.72. The maximum absolute atomic E-state index is 13.5. The van der Waals surface area contributed by atoms with Crippen LogP contribution in [-0.2, 0) is 9.59 Å². The molecule has 0 saturated carbocycles. The molecule has 0 atom stereocenters. The first-order valence-electron chi connectivity index (χ1n) is 7.16. The number of nitrogens with one attached hydrogen (secondary N) is 2. The van der Waals surface area contributed by atoms with Gasteiger partial charge in [0.2, 0.25) is 0 Å². The van der Waals surface area contributed by atoms with Crippen molar-refractivity contribution in [2.75, 3.05) is 10.6 Å². The van der Waals surface area contributed by atoms with E-state index in [9.17, 15) is 22.8 Å². The lowest BCUT2D eigenvalue weighted by Crippen LogP contribution is -2.30. The summed E-state index contributed by atoms with van der Waals surface area (Å²) in [6.45, 7) is 3.84. The Kier molecular flexibility index (Phi) is 5.23. The maximum Gasteiger partial charge on any atom is 0.314 e. The third-order valence-corrected chi connectivity index (χ3v) is 3.32. The molecule has 0 aromatic heterocycles. The molecule has 0 saturated heterocycles. The molecule has 0 unspecified atom stereocenters. The number of amides is 2. The zero-order valence-electron chi connectivity index (χ0n) is 13.0. The van der Waals surface area contributed by atoms with Gasteiger partial charge in [-0.2, -0.15) is 0 Å². The summed E-state index contributed by atoms with van der Waals surface area (Å²) in [5.74, 6) is -6.82. The molecule has 0 spiro atoms. The van der Waals surface area contributed by atoms with Gasteiger partial charge in [-0.15, -0.1) is 0 Å². The van der Waals surface area contributed by atoms with Crippen molar-refractivity contribution >= 4 is 23.2 Å². The molecule has 126 valence electrons. The number of hydrogen-bond acceptors (Lipinski definition) is 2. The van der Waals surface area contributed by atoms with Crippen LogP contribution in [-0.4, -0.2) is 11.8 Å². The van der Waals surface area contributed by atoms with E-state index in [-0.39, 0.29) is 5.92 Å². The highest BCUT2D eigenvalue weighted by molar-refractivity contribution is 6.43. The minimum Gasteiger partial charge on any atom is -0.318 e. The monoisotopic (exact) mass is 336 g/mol. The second kappa shape index (κ2) is 7.16. The number of benzene rings is 2. The number of anilines is 2. The van der Waals surface area contributed by atoms with Crippen molar-refractivity contribution in [3.05, 3.63) is 59.4 Å². The lowest BCUT2D eigenvalue weighted by molar-refractivity contribution is -0.133. The summed E-state index contributed by atoms with van der Waals surface area (Å²) in [7, 11) is 0. The predicted molar refractivity (Wildman–Crippen MR) is 84.1 cm³/mol. The number of para-hydroxylation sites is 1. The number of hydrogen-bond donors (Lipinski definition) is 2. The van der Waals surface area contributed by atoms with Gasteiger partial charge in [0.05, 0.1) is 5.69 Å². The van der Waals surface area contributed by atoms with E-state index in [0.29, 0.717) is 11.8 Å². The Morgan fingerprint density at radius 2 is 1.42 bits per heavy atom. The minimum absolute atomic E-state index is 0.105. The van der Waals surface area contributed by atoms with Gasteiger partial charge in [-0.05, 0) is 29.7 Å². The smallest absolute Gasteiger partial charge is 0.314 e. The standard InChI is InChI=1S/C17H15F3N2O2/c1-9(2)10-5-3-4-6-12(10)21-16(23)17(24)22-13-8-7-11(18)14(19)15(13)20/h3-9H,1-2H3,(H,21,23)(H,22,24). The summed E-state index contributed by atoms with van der Waals surface area (Å²) < 4.78 is 39.5. The summed E-state index contributed by atoms with van der Waals surface area (Å²) in [5.41, 5.74) is 0.641. The summed E-state index contributed by atoms with van der Waals surface area (Å²) in [4.78, 5) is 23.8. The summed E-state index contributed by atoms with van der Waals surface area (Å²) in [6.07, 6.45) is 0. The van der Waals surface area contributed by atoms with Crippen molar-refractivity contribution in [1.29, 1.82) is 0 Å². The second-order valence-corrected chi connectivity index (χ2v) is 5.37. The lowest BCUT2D eigenvalue weighted by Gasteiger charge is -2.13. The average Bonchev–Trinajstić information content (AvgIpc) is 2.55. The summed E-state index contributed by atoms with van der Waals surface area (Å²) in [5, 5.41) is 4.33. The van der Waals surface area contributed by atoms with Crippen LogP contribution >= 0.6 is 0 Å². The van der Waals surface area contributed by atoms with Crippen LogP contribution in [0.25, 0.3) is 0 Å². The lowest BCUT2D eigenvalue weighted by atomic mass is 10.0. The van der Waals surface area contributed by atoms with Crippen molar-refractivity contribution in [2.24, 2.45) is 0 Å². The molecule has 2 aromatic rings. The molecule has 0 aliphatic heterocycles. The van der Waals surface area contributed by atoms with Gasteiger partial charge >= 0.3 is 11.8 Å². The molecule has 0 heterocycles. The molecule has 24 heavy (non-hydrogen) atoms. The van der Waals surface area contributed by atoms with Crippen LogP contribution in [0.2, 0.25) is 0 Å². The summed E-state index contributed by atoms with van der Waals surface area (Å²) in [6, 6.07) is 8.39. The SMILES string of the molecule is CC(C)c1ccccc1NC(=O)C(=O)Nc1ccc(F)c(F)c1F. The number of carbonyl (C=O) groups excluding carboxylic acids is 2. The van der Waals surface area contributed by atoms with Gasteiger partial charge < -0.3 is 10.6 Å². The van der Waals surface area contributed by atoms with Crippen molar-refractivity contribution in [2.45, 2.75) is 19.8 Å². The third-order valence-electron chi connectivity index (χ3n) is 3.32. The number of rotatable bonds is 3. The second-order valence-electron chi connectivity index (χ2n) is 5.37. The van der Waals surface area contributed by atoms with Crippen molar-refractivity contribution in [3.8, 4) is 0 Å². The van der Waals surface area contributed by atoms with Gasteiger partial charge in [0.25, 0.3) is 0 Å². The van der Waals surface area contributed by atoms with Crippen molar-refractivity contribution in [3.63, 3.8) is 0 Å². The largest absolute Gasteiger partial charge is 0.318 e. The van der Waals surface area contributed by atoms with E-state index >= 15 is 0 Å². The fourth-order valence-electron chi connectivity index (χ4n) is 2.09. The molecule has 0 fully saturated rings. The molecule has 4 nitrogen and oxygen atoms in total. The molecule has 0 aliphatic carbocycles. The average molecular weight is 336 g/mol. The molecule has 0 radical (unpaired) electrons.